The number of aliphatic carboxylic acids is 1. The van der Waals surface area contributed by atoms with Gasteiger partial charge in [-0.25, -0.2) is 4.98 Å². The predicted octanol–water partition coefficient (Wildman–Crippen LogP) is 4.33. The number of pyridine rings is 1. The number of nitrogens with zero attached hydrogens (tertiary/aromatic N) is 5. The van der Waals surface area contributed by atoms with Crippen LogP contribution < -0.4 is 15.0 Å². The van der Waals surface area contributed by atoms with Crippen molar-refractivity contribution in [3.8, 4) is 22.8 Å². The van der Waals surface area contributed by atoms with Gasteiger partial charge in [-0.3, -0.25) is 23.9 Å². The first-order chi connectivity index (χ1) is 22.3. The zero-order chi connectivity index (χ0) is 32.2. The van der Waals surface area contributed by atoms with Crippen LogP contribution in [-0.2, 0) is 9.59 Å². The molecule has 2 aromatic heterocycles. The van der Waals surface area contributed by atoms with E-state index in [0.717, 1.165) is 33.4 Å². The number of carbonyl (C=O) groups excluding carboxylic acids is 2. The number of nitrogens with one attached hydrogen (secondary N) is 1. The minimum Gasteiger partial charge on any atom is -0.494 e. The molecule has 0 bridgehead atoms. The molecule has 46 heavy (non-hydrogen) atoms. The van der Waals surface area contributed by atoms with E-state index in [9.17, 15) is 19.5 Å². The Morgan fingerprint density at radius 3 is 2.57 bits per heavy atom. The average molecular weight is 619 g/mol. The topological polar surface area (TPSA) is 130 Å². The van der Waals surface area contributed by atoms with E-state index in [1.54, 1.807) is 12.4 Å². The van der Waals surface area contributed by atoms with Crippen molar-refractivity contribution in [3.05, 3.63) is 103 Å². The summed E-state index contributed by atoms with van der Waals surface area (Å²) < 4.78 is 7.57. The molecule has 234 valence electrons. The van der Waals surface area contributed by atoms with Gasteiger partial charge in [-0.1, -0.05) is 54.1 Å². The summed E-state index contributed by atoms with van der Waals surface area (Å²) in [5.41, 5.74) is 4.48. The molecular formula is C35H34N6O5. The fraction of sp³-hybridized carbons (Fsp3) is 0.229. The molecule has 5 aromatic rings. The summed E-state index contributed by atoms with van der Waals surface area (Å²) in [5, 5.41) is 12.6. The highest BCUT2D eigenvalue weighted by Gasteiger charge is 2.37. The summed E-state index contributed by atoms with van der Waals surface area (Å²) in [5.74, 6) is -0.916. The van der Waals surface area contributed by atoms with Crippen LogP contribution >= 0.6 is 0 Å². The number of fused-ring (bicyclic) bond motifs is 1. The Hall–Kier alpha value is -5.71. The number of amides is 2. The van der Waals surface area contributed by atoms with Gasteiger partial charge in [-0.2, -0.15) is 0 Å². The average Bonchev–Trinajstić information content (AvgIpc) is 3.53. The van der Waals surface area contributed by atoms with Crippen molar-refractivity contribution in [1.82, 2.24) is 24.8 Å². The van der Waals surface area contributed by atoms with E-state index in [-0.39, 0.29) is 18.8 Å². The number of aromatic nitrogens is 3. The van der Waals surface area contributed by atoms with Crippen LogP contribution in [0.4, 0.5) is 5.69 Å². The van der Waals surface area contributed by atoms with Gasteiger partial charge in [-0.15, -0.1) is 0 Å². The molecule has 0 aliphatic carbocycles. The number of ether oxygens (including phenoxy) is 1. The van der Waals surface area contributed by atoms with E-state index in [4.69, 9.17) is 9.72 Å². The first kappa shape index (κ1) is 30.3. The smallest absolute Gasteiger partial charge is 0.322 e. The molecule has 0 radical (unpaired) electrons. The molecule has 1 saturated heterocycles. The third kappa shape index (κ3) is 6.39. The second-order valence-electron chi connectivity index (χ2n) is 11.1. The van der Waals surface area contributed by atoms with Gasteiger partial charge in [0.2, 0.25) is 5.91 Å². The number of benzene rings is 3. The van der Waals surface area contributed by atoms with Crippen LogP contribution in [0, 0.1) is 6.92 Å². The molecule has 1 aliphatic heterocycles. The first-order valence-corrected chi connectivity index (χ1v) is 15.1. The predicted molar refractivity (Wildman–Crippen MR) is 174 cm³/mol. The van der Waals surface area contributed by atoms with Crippen molar-refractivity contribution < 1.29 is 24.2 Å². The van der Waals surface area contributed by atoms with Crippen molar-refractivity contribution in [2.24, 2.45) is 0 Å². The maximum absolute atomic E-state index is 14.2. The Labute approximate surface area is 266 Å². The zero-order valence-electron chi connectivity index (χ0n) is 25.6. The van der Waals surface area contributed by atoms with Crippen LogP contribution in [0.25, 0.3) is 28.0 Å². The molecular weight excluding hydrogens is 584 g/mol. The number of para-hydroxylation sites is 1. The lowest BCUT2D eigenvalue weighted by Gasteiger charge is -2.41. The van der Waals surface area contributed by atoms with Crippen molar-refractivity contribution >= 4 is 34.4 Å². The Bertz CT molecular complexity index is 1900. The van der Waals surface area contributed by atoms with Gasteiger partial charge < -0.3 is 25.0 Å². The van der Waals surface area contributed by atoms with Crippen LogP contribution in [-0.4, -0.2) is 81.2 Å². The van der Waals surface area contributed by atoms with Crippen LogP contribution in [0.15, 0.2) is 91.3 Å². The highest BCUT2D eigenvalue weighted by atomic mass is 16.5. The summed E-state index contributed by atoms with van der Waals surface area (Å²) >= 11 is 0. The van der Waals surface area contributed by atoms with Gasteiger partial charge in [0, 0.05) is 42.8 Å². The van der Waals surface area contributed by atoms with E-state index in [0.29, 0.717) is 24.7 Å². The SMILES string of the molecule is CCOc1cccc(-n2cc(C(=O)N3CCN(c4cnc5ccccc5c4)C[C@H]3C(=O)NCC(=O)O)nc2-c2ccc(C)cc2)c1. The van der Waals surface area contributed by atoms with E-state index in [1.807, 2.05) is 102 Å². The Morgan fingerprint density at radius 1 is 0.978 bits per heavy atom. The highest BCUT2D eigenvalue weighted by Crippen LogP contribution is 2.28. The molecule has 2 N–H and O–H groups in total. The standard InChI is InChI=1S/C35H34N6O5/c1-3-46-28-9-6-8-26(18-28)41-21-30(38-33(41)24-13-11-23(2)12-14-24)35(45)40-16-15-39(22-31(40)34(44)37-20-32(42)43)27-17-25-7-4-5-10-29(25)36-19-27/h4-14,17-19,21,31H,3,15-16,20,22H2,1-2H3,(H,37,44)(H,42,43)/t31-/m0/s1. The minimum atomic E-state index is -1.17. The van der Waals surface area contributed by atoms with Gasteiger partial charge in [0.15, 0.2) is 0 Å². The van der Waals surface area contributed by atoms with Crippen LogP contribution in [0.2, 0.25) is 0 Å². The fourth-order valence-electron chi connectivity index (χ4n) is 5.62. The third-order valence-electron chi connectivity index (χ3n) is 7.94. The van der Waals surface area contributed by atoms with Crippen molar-refractivity contribution in [3.63, 3.8) is 0 Å². The molecule has 6 rings (SSSR count). The lowest BCUT2D eigenvalue weighted by Crippen LogP contribution is -2.61. The maximum Gasteiger partial charge on any atom is 0.322 e. The summed E-state index contributed by atoms with van der Waals surface area (Å²) in [6.07, 6.45) is 3.42. The normalized spacial score (nSPS) is 14.7. The van der Waals surface area contributed by atoms with Gasteiger partial charge in [0.25, 0.3) is 5.91 Å². The minimum absolute atomic E-state index is 0.152. The Morgan fingerprint density at radius 2 is 1.78 bits per heavy atom. The highest BCUT2D eigenvalue weighted by molar-refractivity contribution is 5.98. The van der Waals surface area contributed by atoms with Crippen molar-refractivity contribution in [2.45, 2.75) is 19.9 Å². The summed E-state index contributed by atoms with van der Waals surface area (Å²) in [6, 6.07) is 24.2. The van der Waals surface area contributed by atoms with Crippen LogP contribution in [0.5, 0.6) is 5.75 Å². The molecule has 0 saturated carbocycles. The monoisotopic (exact) mass is 618 g/mol. The zero-order valence-corrected chi connectivity index (χ0v) is 25.6. The van der Waals surface area contributed by atoms with E-state index in [2.05, 4.69) is 10.3 Å². The number of hydrogen-bond acceptors (Lipinski definition) is 7. The van der Waals surface area contributed by atoms with E-state index >= 15 is 0 Å². The molecule has 3 heterocycles. The molecule has 11 heteroatoms. The number of imidazole rings is 1. The maximum atomic E-state index is 14.2. The number of hydrogen-bond donors (Lipinski definition) is 2. The second-order valence-corrected chi connectivity index (χ2v) is 11.1. The number of piperazine rings is 1. The molecule has 3 aromatic carbocycles. The fourth-order valence-corrected chi connectivity index (χ4v) is 5.62. The second kappa shape index (κ2) is 13.1. The lowest BCUT2D eigenvalue weighted by molar-refractivity contribution is -0.138. The number of anilines is 1. The molecule has 11 nitrogen and oxygen atoms in total. The molecule has 0 unspecified atom stereocenters. The lowest BCUT2D eigenvalue weighted by atomic mass is 10.1. The van der Waals surface area contributed by atoms with E-state index in [1.165, 1.54) is 4.90 Å². The molecule has 1 aliphatic rings. The number of carboxylic acid groups (broad SMARTS) is 1. The largest absolute Gasteiger partial charge is 0.494 e. The van der Waals surface area contributed by atoms with Gasteiger partial charge in [0.1, 0.15) is 29.9 Å². The van der Waals surface area contributed by atoms with Crippen LogP contribution in [0.3, 0.4) is 0 Å². The molecule has 2 amide bonds. The number of aryl methyl sites for hydroxylation is 1. The van der Waals surface area contributed by atoms with Gasteiger partial charge >= 0.3 is 5.97 Å². The Balaban J connectivity index is 1.35. The van der Waals surface area contributed by atoms with Crippen LogP contribution in [0.1, 0.15) is 23.0 Å². The number of carbonyl (C=O) groups is 3. The number of rotatable bonds is 9. The quantitative estimate of drug-likeness (QED) is 0.250. The van der Waals surface area contributed by atoms with Crippen molar-refractivity contribution in [1.29, 1.82) is 0 Å². The molecule has 0 spiro atoms. The van der Waals surface area contributed by atoms with Gasteiger partial charge in [0.05, 0.1) is 29.7 Å². The Kier molecular flexibility index (Phi) is 8.64. The first-order valence-electron chi connectivity index (χ1n) is 15.1. The number of carboxylic acids is 1. The third-order valence-corrected chi connectivity index (χ3v) is 7.94. The van der Waals surface area contributed by atoms with E-state index < -0.39 is 30.4 Å². The van der Waals surface area contributed by atoms with Crippen molar-refractivity contribution in [2.75, 3.05) is 37.7 Å². The molecule has 1 fully saturated rings. The summed E-state index contributed by atoms with van der Waals surface area (Å²) in [4.78, 5) is 51.8. The van der Waals surface area contributed by atoms with Gasteiger partial charge in [-0.05, 0) is 38.1 Å². The summed E-state index contributed by atoms with van der Waals surface area (Å²) in [7, 11) is 0. The molecule has 1 atom stereocenters. The summed E-state index contributed by atoms with van der Waals surface area (Å²) in [6.45, 7) is 4.67.